The molecule has 3 rings (SSSR count). The average molecular weight is 308 g/mol. The molecule has 3 nitrogen and oxygen atoms in total. The molecule has 1 fully saturated rings. The lowest BCUT2D eigenvalue weighted by molar-refractivity contribution is 0.302. The van der Waals surface area contributed by atoms with Gasteiger partial charge >= 0.3 is 0 Å². The highest BCUT2D eigenvalue weighted by atomic mass is 79.9. The predicted octanol–water partition coefficient (Wildman–Crippen LogP) is 3.91. The number of hydrogen-bond acceptors (Lipinski definition) is 2. The first-order chi connectivity index (χ1) is 8.74. The molecular weight excluding hydrogens is 290 g/mol. The normalized spacial score (nSPS) is 19.2. The van der Waals surface area contributed by atoms with Gasteiger partial charge in [0, 0.05) is 4.47 Å². The standard InChI is InChI=1S/C14H18BrN3/c15-10-6-7-11-12(8-10)18-14(17-11)13(16)9-4-2-1-3-5-9/h6-9,13H,1-5,16H2,(H,17,18). The number of benzene rings is 1. The Hall–Kier alpha value is -0.870. The number of nitrogens with two attached hydrogens (primary N) is 1. The maximum Gasteiger partial charge on any atom is 0.124 e. The van der Waals surface area contributed by atoms with Crippen LogP contribution in [-0.4, -0.2) is 9.97 Å². The zero-order valence-electron chi connectivity index (χ0n) is 10.3. The van der Waals surface area contributed by atoms with Crippen LogP contribution in [0.4, 0.5) is 0 Å². The average Bonchev–Trinajstić information content (AvgIpc) is 2.81. The SMILES string of the molecule is NC(c1nc2ccc(Br)cc2[nH]1)C1CCCCC1. The first-order valence-electron chi connectivity index (χ1n) is 6.65. The summed E-state index contributed by atoms with van der Waals surface area (Å²) < 4.78 is 1.07. The molecule has 3 N–H and O–H groups in total. The molecule has 1 unspecified atom stereocenters. The van der Waals surface area contributed by atoms with E-state index in [9.17, 15) is 0 Å². The second-order valence-corrected chi connectivity index (χ2v) is 6.12. The van der Waals surface area contributed by atoms with Gasteiger partial charge in [0.2, 0.25) is 0 Å². The van der Waals surface area contributed by atoms with E-state index in [0.717, 1.165) is 21.3 Å². The maximum absolute atomic E-state index is 6.37. The largest absolute Gasteiger partial charge is 0.341 e. The van der Waals surface area contributed by atoms with Crippen LogP contribution in [0.15, 0.2) is 22.7 Å². The molecule has 0 radical (unpaired) electrons. The highest BCUT2D eigenvalue weighted by Crippen LogP contribution is 2.32. The molecule has 0 saturated heterocycles. The van der Waals surface area contributed by atoms with E-state index in [1.165, 1.54) is 32.1 Å². The molecule has 0 aliphatic heterocycles. The number of rotatable bonds is 2. The maximum atomic E-state index is 6.37. The summed E-state index contributed by atoms with van der Waals surface area (Å²) in [6.07, 6.45) is 6.45. The van der Waals surface area contributed by atoms with Gasteiger partial charge in [-0.2, -0.15) is 0 Å². The van der Waals surface area contributed by atoms with Crippen LogP contribution in [0.5, 0.6) is 0 Å². The highest BCUT2D eigenvalue weighted by molar-refractivity contribution is 9.10. The summed E-state index contributed by atoms with van der Waals surface area (Å²) in [5.74, 6) is 1.53. The van der Waals surface area contributed by atoms with Gasteiger partial charge in [0.05, 0.1) is 17.1 Å². The molecule has 0 amide bonds. The van der Waals surface area contributed by atoms with Crippen molar-refractivity contribution in [3.05, 3.63) is 28.5 Å². The third kappa shape index (κ3) is 2.31. The van der Waals surface area contributed by atoms with Crippen molar-refractivity contribution in [2.24, 2.45) is 11.7 Å². The number of H-pyrrole nitrogens is 1. The molecule has 0 spiro atoms. The van der Waals surface area contributed by atoms with Crippen LogP contribution in [0.3, 0.4) is 0 Å². The van der Waals surface area contributed by atoms with Crippen LogP contribution in [-0.2, 0) is 0 Å². The number of aromatic amines is 1. The van der Waals surface area contributed by atoms with Crippen LogP contribution >= 0.6 is 15.9 Å². The number of nitrogens with one attached hydrogen (secondary N) is 1. The van der Waals surface area contributed by atoms with Crippen LogP contribution < -0.4 is 5.73 Å². The summed E-state index contributed by atoms with van der Waals surface area (Å²) >= 11 is 3.48. The summed E-state index contributed by atoms with van der Waals surface area (Å²) in [6.45, 7) is 0. The highest BCUT2D eigenvalue weighted by Gasteiger charge is 2.24. The molecule has 2 aromatic rings. The van der Waals surface area contributed by atoms with Crippen LogP contribution in [0, 0.1) is 5.92 Å². The van der Waals surface area contributed by atoms with Crippen molar-refractivity contribution in [1.82, 2.24) is 9.97 Å². The molecule has 18 heavy (non-hydrogen) atoms. The molecule has 1 aromatic carbocycles. The first kappa shape index (κ1) is 12.2. The Morgan fingerprint density at radius 1 is 1.28 bits per heavy atom. The van der Waals surface area contributed by atoms with Crippen molar-refractivity contribution < 1.29 is 0 Å². The van der Waals surface area contributed by atoms with E-state index < -0.39 is 0 Å². The Bertz CT molecular complexity index is 543. The van der Waals surface area contributed by atoms with E-state index >= 15 is 0 Å². The summed E-state index contributed by atoms with van der Waals surface area (Å²) in [5.41, 5.74) is 8.43. The van der Waals surface area contributed by atoms with Gasteiger partial charge in [0.15, 0.2) is 0 Å². The lowest BCUT2D eigenvalue weighted by Gasteiger charge is -2.26. The van der Waals surface area contributed by atoms with Crippen LogP contribution in [0.1, 0.15) is 44.0 Å². The number of hydrogen-bond donors (Lipinski definition) is 2. The Kier molecular flexibility index (Phi) is 3.39. The van der Waals surface area contributed by atoms with E-state index in [-0.39, 0.29) is 6.04 Å². The minimum Gasteiger partial charge on any atom is -0.341 e. The number of halogens is 1. The fraction of sp³-hybridized carbons (Fsp3) is 0.500. The van der Waals surface area contributed by atoms with Crippen molar-refractivity contribution in [3.63, 3.8) is 0 Å². The number of aromatic nitrogens is 2. The summed E-state index contributed by atoms with van der Waals surface area (Å²) in [4.78, 5) is 7.99. The monoisotopic (exact) mass is 307 g/mol. The van der Waals surface area contributed by atoms with E-state index in [1.807, 2.05) is 12.1 Å². The van der Waals surface area contributed by atoms with E-state index in [0.29, 0.717) is 5.92 Å². The summed E-state index contributed by atoms with van der Waals surface area (Å²) in [5, 5.41) is 0. The van der Waals surface area contributed by atoms with Gasteiger partial charge in [0.25, 0.3) is 0 Å². The van der Waals surface area contributed by atoms with Gasteiger partial charge in [0.1, 0.15) is 5.82 Å². The fourth-order valence-corrected chi connectivity index (χ4v) is 3.24. The molecule has 1 aliphatic rings. The van der Waals surface area contributed by atoms with Gasteiger partial charge in [-0.05, 0) is 37.0 Å². The zero-order chi connectivity index (χ0) is 12.5. The van der Waals surface area contributed by atoms with E-state index in [4.69, 9.17) is 5.73 Å². The lowest BCUT2D eigenvalue weighted by Crippen LogP contribution is -2.24. The Morgan fingerprint density at radius 3 is 2.83 bits per heavy atom. The first-order valence-corrected chi connectivity index (χ1v) is 7.44. The molecule has 96 valence electrons. The minimum atomic E-state index is 0.0523. The molecule has 4 heteroatoms. The van der Waals surface area contributed by atoms with Gasteiger partial charge in [-0.1, -0.05) is 35.2 Å². The topological polar surface area (TPSA) is 54.7 Å². The molecule has 1 saturated carbocycles. The third-order valence-corrected chi connectivity index (χ3v) is 4.43. The van der Waals surface area contributed by atoms with Gasteiger partial charge in [-0.15, -0.1) is 0 Å². The second-order valence-electron chi connectivity index (χ2n) is 5.21. The van der Waals surface area contributed by atoms with Crippen molar-refractivity contribution in [2.75, 3.05) is 0 Å². The van der Waals surface area contributed by atoms with Crippen molar-refractivity contribution >= 4 is 27.0 Å². The predicted molar refractivity (Wildman–Crippen MR) is 77.3 cm³/mol. The number of fused-ring (bicyclic) bond motifs is 1. The van der Waals surface area contributed by atoms with Crippen LogP contribution in [0.25, 0.3) is 11.0 Å². The molecule has 1 aromatic heterocycles. The van der Waals surface area contributed by atoms with Crippen molar-refractivity contribution in [2.45, 2.75) is 38.1 Å². The molecule has 1 heterocycles. The lowest BCUT2D eigenvalue weighted by atomic mass is 9.84. The fourth-order valence-electron chi connectivity index (χ4n) is 2.88. The smallest absolute Gasteiger partial charge is 0.124 e. The molecule has 1 aliphatic carbocycles. The van der Waals surface area contributed by atoms with Crippen LogP contribution in [0.2, 0.25) is 0 Å². The van der Waals surface area contributed by atoms with E-state index in [1.54, 1.807) is 0 Å². The van der Waals surface area contributed by atoms with Crippen molar-refractivity contribution in [3.8, 4) is 0 Å². The van der Waals surface area contributed by atoms with Gasteiger partial charge in [-0.25, -0.2) is 4.98 Å². The minimum absolute atomic E-state index is 0.0523. The van der Waals surface area contributed by atoms with Gasteiger partial charge < -0.3 is 10.7 Å². The molecule has 0 bridgehead atoms. The second kappa shape index (κ2) is 5.02. The Morgan fingerprint density at radius 2 is 2.06 bits per heavy atom. The van der Waals surface area contributed by atoms with E-state index in [2.05, 4.69) is 32.0 Å². The Labute approximate surface area is 115 Å². The number of imidazole rings is 1. The molecular formula is C14H18BrN3. The van der Waals surface area contributed by atoms with Crippen molar-refractivity contribution in [1.29, 1.82) is 0 Å². The molecule has 1 atom stereocenters. The zero-order valence-corrected chi connectivity index (χ0v) is 11.9. The quantitative estimate of drug-likeness (QED) is 0.884. The number of nitrogens with zero attached hydrogens (tertiary/aromatic N) is 1. The summed E-state index contributed by atoms with van der Waals surface area (Å²) in [7, 11) is 0. The third-order valence-electron chi connectivity index (χ3n) is 3.94. The van der Waals surface area contributed by atoms with Gasteiger partial charge in [-0.3, -0.25) is 0 Å². The summed E-state index contributed by atoms with van der Waals surface area (Å²) in [6, 6.07) is 6.14. The Balaban J connectivity index is 1.88.